The summed E-state index contributed by atoms with van der Waals surface area (Å²) >= 11 is 1.32. The number of halogens is 1. The van der Waals surface area contributed by atoms with Gasteiger partial charge in [-0.2, -0.15) is 0 Å². The summed E-state index contributed by atoms with van der Waals surface area (Å²) in [6.07, 6.45) is 3.25. The number of carbonyl (C=O) groups excluding carboxylic acids is 2. The van der Waals surface area contributed by atoms with E-state index in [1.165, 1.54) is 23.5 Å². The number of hydrogen-bond acceptors (Lipinski definition) is 6. The molecule has 0 aliphatic carbocycles. The van der Waals surface area contributed by atoms with Crippen molar-refractivity contribution in [3.63, 3.8) is 0 Å². The van der Waals surface area contributed by atoms with E-state index in [2.05, 4.69) is 20.5 Å². The second-order valence-electron chi connectivity index (χ2n) is 7.43. The molecule has 0 unspecified atom stereocenters. The van der Waals surface area contributed by atoms with Crippen LogP contribution in [0.1, 0.15) is 23.9 Å². The third kappa shape index (κ3) is 5.08. The molecule has 3 heterocycles. The molecule has 1 atom stereocenters. The standard InChI is InChI=1S/C21H24FN5O3S/c1-2-30-8-6-18-25-26-21(31-18)24-20(29)14-9-19(28)27(12-14)7-5-13-11-23-17-4-3-15(22)10-16(13)17/h3-4,10-11,14,23H,2,5-9,12H2,1H3,(H,24,26,29)/t14-/m0/s1. The summed E-state index contributed by atoms with van der Waals surface area (Å²) in [5.74, 6) is -0.998. The second kappa shape index (κ2) is 9.52. The van der Waals surface area contributed by atoms with Gasteiger partial charge in [-0.05, 0) is 37.1 Å². The van der Waals surface area contributed by atoms with Gasteiger partial charge in [-0.25, -0.2) is 4.39 Å². The predicted molar refractivity (Wildman–Crippen MR) is 115 cm³/mol. The van der Waals surface area contributed by atoms with Crippen LogP contribution in [0.25, 0.3) is 10.9 Å². The lowest BCUT2D eigenvalue weighted by Crippen LogP contribution is -2.30. The van der Waals surface area contributed by atoms with Crippen LogP contribution in [0.4, 0.5) is 9.52 Å². The third-order valence-electron chi connectivity index (χ3n) is 5.33. The monoisotopic (exact) mass is 445 g/mol. The SMILES string of the molecule is CCOCCc1nnc(NC(=O)[C@H]2CC(=O)N(CCc3c[nH]c4ccc(F)cc34)C2)s1. The quantitative estimate of drug-likeness (QED) is 0.494. The summed E-state index contributed by atoms with van der Waals surface area (Å²) in [5, 5.41) is 12.9. The van der Waals surface area contributed by atoms with Crippen LogP contribution in [0.3, 0.4) is 0 Å². The topological polar surface area (TPSA) is 100 Å². The Morgan fingerprint density at radius 1 is 1.39 bits per heavy atom. The van der Waals surface area contributed by atoms with Crippen molar-refractivity contribution in [3.05, 3.63) is 40.8 Å². The first-order valence-electron chi connectivity index (χ1n) is 10.3. The summed E-state index contributed by atoms with van der Waals surface area (Å²) in [6.45, 7) is 3.97. The number of amides is 2. The minimum atomic E-state index is -0.427. The summed E-state index contributed by atoms with van der Waals surface area (Å²) in [4.78, 5) is 29.8. The fraction of sp³-hybridized carbons (Fsp3) is 0.429. The van der Waals surface area contributed by atoms with Crippen molar-refractivity contribution in [3.8, 4) is 0 Å². The van der Waals surface area contributed by atoms with Gasteiger partial charge in [0.1, 0.15) is 10.8 Å². The van der Waals surface area contributed by atoms with Gasteiger partial charge in [-0.3, -0.25) is 9.59 Å². The number of H-pyrrole nitrogens is 1. The molecule has 31 heavy (non-hydrogen) atoms. The van der Waals surface area contributed by atoms with Gasteiger partial charge >= 0.3 is 0 Å². The first-order valence-corrected chi connectivity index (χ1v) is 11.1. The molecule has 0 spiro atoms. The van der Waals surface area contributed by atoms with E-state index in [0.717, 1.165) is 21.5 Å². The Balaban J connectivity index is 1.30. The number of fused-ring (bicyclic) bond motifs is 1. The molecule has 1 saturated heterocycles. The van der Waals surface area contributed by atoms with Crippen LogP contribution >= 0.6 is 11.3 Å². The van der Waals surface area contributed by atoms with Crippen LogP contribution in [0, 0.1) is 11.7 Å². The molecule has 1 aliphatic rings. The molecule has 3 aromatic rings. The number of rotatable bonds is 9. The minimum Gasteiger partial charge on any atom is -0.381 e. The third-order valence-corrected chi connectivity index (χ3v) is 6.23. The average Bonchev–Trinajstić information content (AvgIpc) is 3.45. The number of likely N-dealkylation sites (tertiary alicyclic amines) is 1. The van der Waals surface area contributed by atoms with Crippen molar-refractivity contribution in [2.45, 2.75) is 26.2 Å². The molecule has 8 nitrogen and oxygen atoms in total. The van der Waals surface area contributed by atoms with Gasteiger partial charge in [0, 0.05) is 49.6 Å². The largest absolute Gasteiger partial charge is 0.381 e. The number of aromatic nitrogens is 3. The van der Waals surface area contributed by atoms with Gasteiger partial charge in [-0.1, -0.05) is 11.3 Å². The van der Waals surface area contributed by atoms with E-state index in [-0.39, 0.29) is 24.1 Å². The molecule has 2 amide bonds. The van der Waals surface area contributed by atoms with Crippen molar-refractivity contribution in [1.82, 2.24) is 20.1 Å². The molecule has 2 N–H and O–H groups in total. The van der Waals surface area contributed by atoms with Crippen molar-refractivity contribution in [1.29, 1.82) is 0 Å². The summed E-state index contributed by atoms with van der Waals surface area (Å²) in [7, 11) is 0. The molecule has 1 aliphatic heterocycles. The maximum atomic E-state index is 13.6. The molecule has 0 saturated carbocycles. The van der Waals surface area contributed by atoms with E-state index in [4.69, 9.17) is 4.74 Å². The zero-order chi connectivity index (χ0) is 21.8. The number of carbonyl (C=O) groups is 2. The van der Waals surface area contributed by atoms with Gasteiger partial charge in [0.15, 0.2) is 0 Å². The Morgan fingerprint density at radius 2 is 2.26 bits per heavy atom. The van der Waals surface area contributed by atoms with Gasteiger partial charge < -0.3 is 19.9 Å². The Kier molecular flexibility index (Phi) is 6.57. The minimum absolute atomic E-state index is 0.0548. The Morgan fingerprint density at radius 3 is 3.10 bits per heavy atom. The fourth-order valence-electron chi connectivity index (χ4n) is 3.69. The average molecular weight is 446 g/mol. The Bertz CT molecular complexity index is 1080. The summed E-state index contributed by atoms with van der Waals surface area (Å²) < 4.78 is 18.9. The number of hydrogen-bond donors (Lipinski definition) is 2. The van der Waals surface area contributed by atoms with Crippen LogP contribution in [0.2, 0.25) is 0 Å². The van der Waals surface area contributed by atoms with Crippen molar-refractivity contribution < 1.29 is 18.7 Å². The van der Waals surface area contributed by atoms with E-state index < -0.39 is 5.92 Å². The zero-order valence-electron chi connectivity index (χ0n) is 17.2. The Labute approximate surface area is 182 Å². The van der Waals surface area contributed by atoms with Gasteiger partial charge in [0.05, 0.1) is 12.5 Å². The number of nitrogens with one attached hydrogen (secondary N) is 2. The van der Waals surface area contributed by atoms with Crippen molar-refractivity contribution in [2.24, 2.45) is 5.92 Å². The van der Waals surface area contributed by atoms with Gasteiger partial charge in [0.2, 0.25) is 16.9 Å². The van der Waals surface area contributed by atoms with Crippen LogP contribution < -0.4 is 5.32 Å². The lowest BCUT2D eigenvalue weighted by Gasteiger charge is -2.16. The summed E-state index contributed by atoms with van der Waals surface area (Å²) in [6, 6.07) is 4.61. The number of benzene rings is 1. The first kappa shape index (κ1) is 21.4. The summed E-state index contributed by atoms with van der Waals surface area (Å²) in [5.41, 5.74) is 1.81. The van der Waals surface area contributed by atoms with Crippen LogP contribution in [-0.4, -0.2) is 58.2 Å². The molecule has 164 valence electrons. The Hall–Kier alpha value is -2.85. The number of nitrogens with zero attached hydrogens (tertiary/aromatic N) is 3. The van der Waals surface area contributed by atoms with Crippen molar-refractivity contribution >= 4 is 39.2 Å². The number of ether oxygens (including phenoxy) is 1. The van der Waals surface area contributed by atoms with Gasteiger partial charge in [0.25, 0.3) is 0 Å². The van der Waals surface area contributed by atoms with Crippen LogP contribution in [-0.2, 0) is 27.2 Å². The van der Waals surface area contributed by atoms with E-state index in [9.17, 15) is 14.0 Å². The lowest BCUT2D eigenvalue weighted by atomic mass is 10.1. The lowest BCUT2D eigenvalue weighted by molar-refractivity contribution is -0.128. The van der Waals surface area contributed by atoms with E-state index in [1.54, 1.807) is 11.0 Å². The fourth-order valence-corrected chi connectivity index (χ4v) is 4.42. The highest BCUT2D eigenvalue weighted by atomic mass is 32.1. The van der Waals surface area contributed by atoms with Crippen LogP contribution in [0.5, 0.6) is 0 Å². The predicted octanol–water partition coefficient (Wildman–Crippen LogP) is 2.77. The molecule has 0 bridgehead atoms. The van der Waals surface area contributed by atoms with Crippen molar-refractivity contribution in [2.75, 3.05) is 31.6 Å². The highest BCUT2D eigenvalue weighted by Gasteiger charge is 2.34. The second-order valence-corrected chi connectivity index (χ2v) is 8.49. The number of aromatic amines is 1. The van der Waals surface area contributed by atoms with E-state index in [0.29, 0.717) is 44.3 Å². The van der Waals surface area contributed by atoms with E-state index in [1.807, 2.05) is 13.1 Å². The van der Waals surface area contributed by atoms with Gasteiger partial charge in [-0.15, -0.1) is 10.2 Å². The number of anilines is 1. The molecule has 1 fully saturated rings. The highest BCUT2D eigenvalue weighted by Crippen LogP contribution is 2.24. The molecule has 4 rings (SSSR count). The zero-order valence-corrected chi connectivity index (χ0v) is 18.0. The molecular weight excluding hydrogens is 421 g/mol. The molecule has 0 radical (unpaired) electrons. The molecule has 10 heteroatoms. The van der Waals surface area contributed by atoms with Crippen LogP contribution in [0.15, 0.2) is 24.4 Å². The highest BCUT2D eigenvalue weighted by molar-refractivity contribution is 7.15. The maximum Gasteiger partial charge on any atom is 0.231 e. The smallest absolute Gasteiger partial charge is 0.231 e. The first-order chi connectivity index (χ1) is 15.0. The molecular formula is C21H24FN5O3S. The molecule has 2 aromatic heterocycles. The maximum absolute atomic E-state index is 13.6. The van der Waals surface area contributed by atoms with E-state index >= 15 is 0 Å². The molecule has 1 aromatic carbocycles. The normalized spacial score (nSPS) is 16.4.